The van der Waals surface area contributed by atoms with Gasteiger partial charge in [-0.25, -0.2) is 0 Å². The van der Waals surface area contributed by atoms with Crippen LogP contribution in [0.15, 0.2) is 48.5 Å². The van der Waals surface area contributed by atoms with Gasteiger partial charge >= 0.3 is 0 Å². The first-order chi connectivity index (χ1) is 10.9. The number of nitrogens with one attached hydrogen (secondary N) is 1. The Kier molecular flexibility index (Phi) is 5.34. The van der Waals surface area contributed by atoms with Crippen LogP contribution in [0.5, 0.6) is 0 Å². The summed E-state index contributed by atoms with van der Waals surface area (Å²) in [5, 5.41) is 14.1. The van der Waals surface area contributed by atoms with E-state index in [4.69, 9.17) is 11.6 Å². The first kappa shape index (κ1) is 17.0. The van der Waals surface area contributed by atoms with Crippen molar-refractivity contribution in [3.63, 3.8) is 0 Å². The van der Waals surface area contributed by atoms with E-state index in [1.54, 1.807) is 36.4 Å². The highest BCUT2D eigenvalue weighted by atomic mass is 35.5. The van der Waals surface area contributed by atoms with E-state index in [0.717, 1.165) is 5.56 Å². The van der Waals surface area contributed by atoms with Crippen LogP contribution in [0, 0.1) is 16.0 Å². The van der Waals surface area contributed by atoms with Gasteiger partial charge in [0, 0.05) is 22.8 Å². The lowest BCUT2D eigenvalue weighted by molar-refractivity contribution is -0.384. The van der Waals surface area contributed by atoms with Crippen molar-refractivity contribution in [2.75, 3.05) is 5.32 Å². The lowest BCUT2D eigenvalue weighted by Gasteiger charge is -2.20. The minimum atomic E-state index is -0.458. The van der Waals surface area contributed by atoms with Gasteiger partial charge in [0.15, 0.2) is 0 Å². The van der Waals surface area contributed by atoms with Crippen molar-refractivity contribution in [1.82, 2.24) is 0 Å². The second-order valence-electron chi connectivity index (χ2n) is 5.57. The summed E-state index contributed by atoms with van der Waals surface area (Å²) in [6.07, 6.45) is 0. The van der Waals surface area contributed by atoms with Crippen LogP contribution in [0.1, 0.15) is 25.3 Å². The zero-order valence-corrected chi connectivity index (χ0v) is 13.6. The third-order valence-corrected chi connectivity index (χ3v) is 3.74. The SMILES string of the molecule is CC(C)C(C(=O)Nc1cccc(Cl)c1)c1ccc([N+](=O)[O-])cc1. The van der Waals surface area contributed by atoms with Gasteiger partial charge in [0.25, 0.3) is 5.69 Å². The van der Waals surface area contributed by atoms with Crippen LogP contribution < -0.4 is 5.32 Å². The van der Waals surface area contributed by atoms with Crippen LogP contribution >= 0.6 is 11.6 Å². The van der Waals surface area contributed by atoms with E-state index in [1.165, 1.54) is 12.1 Å². The Balaban J connectivity index is 2.23. The van der Waals surface area contributed by atoms with Gasteiger partial charge in [-0.05, 0) is 29.7 Å². The Morgan fingerprint density at radius 3 is 2.35 bits per heavy atom. The molecule has 0 aliphatic heterocycles. The maximum absolute atomic E-state index is 12.6. The molecule has 1 amide bonds. The molecular weight excluding hydrogens is 316 g/mol. The van der Waals surface area contributed by atoms with Gasteiger partial charge in [0.05, 0.1) is 10.8 Å². The Morgan fingerprint density at radius 2 is 1.83 bits per heavy atom. The zero-order valence-electron chi connectivity index (χ0n) is 12.8. The quantitative estimate of drug-likeness (QED) is 0.641. The van der Waals surface area contributed by atoms with Crippen molar-refractivity contribution in [1.29, 1.82) is 0 Å². The molecule has 0 saturated carbocycles. The predicted molar refractivity (Wildman–Crippen MR) is 90.8 cm³/mol. The van der Waals surface area contributed by atoms with Gasteiger partial charge in [0.1, 0.15) is 0 Å². The summed E-state index contributed by atoms with van der Waals surface area (Å²) in [6, 6.07) is 13.0. The van der Waals surface area contributed by atoms with Gasteiger partial charge in [0.2, 0.25) is 5.91 Å². The summed E-state index contributed by atoms with van der Waals surface area (Å²) in [6.45, 7) is 3.87. The van der Waals surface area contributed by atoms with Gasteiger partial charge in [-0.1, -0.05) is 43.6 Å². The van der Waals surface area contributed by atoms with Gasteiger partial charge in [-0.15, -0.1) is 0 Å². The molecule has 0 aromatic heterocycles. The number of hydrogen-bond acceptors (Lipinski definition) is 3. The Labute approximate surface area is 139 Å². The van der Waals surface area contributed by atoms with Crippen LogP contribution in [0.3, 0.4) is 0 Å². The number of carbonyl (C=O) groups is 1. The molecule has 0 radical (unpaired) electrons. The van der Waals surface area contributed by atoms with Crippen molar-refractivity contribution in [2.45, 2.75) is 19.8 Å². The summed E-state index contributed by atoms with van der Waals surface area (Å²) in [5.74, 6) is -0.540. The van der Waals surface area contributed by atoms with Crippen LogP contribution in [0.4, 0.5) is 11.4 Å². The summed E-state index contributed by atoms with van der Waals surface area (Å²) in [4.78, 5) is 22.9. The van der Waals surface area contributed by atoms with E-state index in [0.29, 0.717) is 10.7 Å². The number of nitrogens with zero attached hydrogens (tertiary/aromatic N) is 1. The molecule has 0 heterocycles. The molecule has 0 spiro atoms. The number of rotatable bonds is 5. The van der Waals surface area contributed by atoms with E-state index >= 15 is 0 Å². The third-order valence-electron chi connectivity index (χ3n) is 3.50. The number of carbonyl (C=O) groups excluding carboxylic acids is 1. The number of non-ortho nitro benzene ring substituents is 1. The summed E-state index contributed by atoms with van der Waals surface area (Å²) >= 11 is 5.92. The molecule has 0 bridgehead atoms. The molecule has 1 N–H and O–H groups in total. The molecule has 120 valence electrons. The molecule has 0 aliphatic carbocycles. The lowest BCUT2D eigenvalue weighted by Crippen LogP contribution is -2.25. The summed E-state index contributed by atoms with van der Waals surface area (Å²) in [5.41, 5.74) is 1.37. The first-order valence-electron chi connectivity index (χ1n) is 7.19. The zero-order chi connectivity index (χ0) is 17.0. The highest BCUT2D eigenvalue weighted by Crippen LogP contribution is 2.28. The summed E-state index contributed by atoms with van der Waals surface area (Å²) < 4.78 is 0. The molecule has 0 fully saturated rings. The average Bonchev–Trinajstić information content (AvgIpc) is 2.47. The number of nitro benzene ring substituents is 1. The van der Waals surface area contributed by atoms with Crippen LogP contribution in [-0.2, 0) is 4.79 Å². The van der Waals surface area contributed by atoms with E-state index < -0.39 is 10.8 Å². The average molecular weight is 333 g/mol. The molecule has 2 rings (SSSR count). The Morgan fingerprint density at radius 1 is 1.17 bits per heavy atom. The van der Waals surface area contributed by atoms with Crippen molar-refractivity contribution in [3.8, 4) is 0 Å². The van der Waals surface area contributed by atoms with E-state index in [1.807, 2.05) is 13.8 Å². The van der Waals surface area contributed by atoms with Crippen molar-refractivity contribution in [3.05, 3.63) is 69.2 Å². The topological polar surface area (TPSA) is 72.2 Å². The van der Waals surface area contributed by atoms with Crippen molar-refractivity contribution >= 4 is 28.9 Å². The monoisotopic (exact) mass is 332 g/mol. The molecule has 2 aromatic carbocycles. The van der Waals surface area contributed by atoms with E-state index in [-0.39, 0.29) is 17.5 Å². The maximum Gasteiger partial charge on any atom is 0.269 e. The smallest absolute Gasteiger partial charge is 0.269 e. The fourth-order valence-corrected chi connectivity index (χ4v) is 2.62. The Bertz CT molecular complexity index is 714. The van der Waals surface area contributed by atoms with Crippen molar-refractivity contribution in [2.24, 2.45) is 5.92 Å². The normalized spacial score (nSPS) is 12.0. The number of hydrogen-bond donors (Lipinski definition) is 1. The summed E-state index contributed by atoms with van der Waals surface area (Å²) in [7, 11) is 0. The molecule has 2 aromatic rings. The van der Waals surface area contributed by atoms with E-state index in [2.05, 4.69) is 5.32 Å². The second-order valence-corrected chi connectivity index (χ2v) is 6.01. The highest BCUT2D eigenvalue weighted by Gasteiger charge is 2.25. The molecule has 5 nitrogen and oxygen atoms in total. The number of nitro groups is 1. The number of anilines is 1. The van der Waals surface area contributed by atoms with Crippen molar-refractivity contribution < 1.29 is 9.72 Å². The van der Waals surface area contributed by atoms with Gasteiger partial charge in [-0.2, -0.15) is 0 Å². The lowest BCUT2D eigenvalue weighted by atomic mass is 9.87. The molecular formula is C17H17ClN2O3. The van der Waals surface area contributed by atoms with Crippen LogP contribution in [0.25, 0.3) is 0 Å². The molecule has 0 aliphatic rings. The van der Waals surface area contributed by atoms with Gasteiger partial charge < -0.3 is 5.32 Å². The van der Waals surface area contributed by atoms with Crippen LogP contribution in [-0.4, -0.2) is 10.8 Å². The third kappa shape index (κ3) is 4.29. The number of benzene rings is 2. The van der Waals surface area contributed by atoms with E-state index in [9.17, 15) is 14.9 Å². The number of halogens is 1. The standard InChI is InChI=1S/C17H17ClN2O3/c1-11(2)16(12-6-8-15(9-7-12)20(22)23)17(21)19-14-5-3-4-13(18)10-14/h3-11,16H,1-2H3,(H,19,21). The molecule has 1 unspecified atom stereocenters. The molecule has 23 heavy (non-hydrogen) atoms. The largest absolute Gasteiger partial charge is 0.326 e. The van der Waals surface area contributed by atoms with Gasteiger partial charge in [-0.3, -0.25) is 14.9 Å². The number of amides is 1. The predicted octanol–water partition coefficient (Wildman–Crippen LogP) is 4.63. The first-order valence-corrected chi connectivity index (χ1v) is 7.57. The molecule has 1 atom stereocenters. The minimum absolute atomic E-state index is 0.00602. The molecule has 0 saturated heterocycles. The molecule has 6 heteroatoms. The Hall–Kier alpha value is -2.40. The second kappa shape index (κ2) is 7.24. The maximum atomic E-state index is 12.6. The fraction of sp³-hybridized carbons (Fsp3) is 0.235. The fourth-order valence-electron chi connectivity index (χ4n) is 2.43. The van der Waals surface area contributed by atoms with Crippen LogP contribution in [0.2, 0.25) is 5.02 Å². The highest BCUT2D eigenvalue weighted by molar-refractivity contribution is 6.30. The minimum Gasteiger partial charge on any atom is -0.326 e.